The predicted octanol–water partition coefficient (Wildman–Crippen LogP) is -4.55. The van der Waals surface area contributed by atoms with Crippen LogP contribution in [-0.4, -0.2) is 91.3 Å². The number of hydrogen-bond donors (Lipinski definition) is 8. The highest BCUT2D eigenvalue weighted by molar-refractivity contribution is 5.99. The number of carbonyl (C=O) groups excluding carboxylic acids is 2. The molecule has 1 fully saturated rings. The molecule has 1 aromatic rings. The third-order valence-electron chi connectivity index (χ3n) is 4.35. The van der Waals surface area contributed by atoms with Crippen molar-refractivity contribution in [2.24, 2.45) is 0 Å². The summed E-state index contributed by atoms with van der Waals surface area (Å²) in [7, 11) is 0. The van der Waals surface area contributed by atoms with Gasteiger partial charge in [0.2, 0.25) is 0 Å². The minimum Gasteiger partial charge on any atom is -0.548 e. The molecule has 0 radical (unpaired) electrons. The maximum absolute atomic E-state index is 12.2. The number of aromatic hydroxyl groups is 2. The molecule has 1 aromatic carbocycles. The van der Waals surface area contributed by atoms with Crippen LogP contribution in [0, 0.1) is 0 Å². The van der Waals surface area contributed by atoms with E-state index in [9.17, 15) is 45.3 Å². The Balaban J connectivity index is 2.39. The maximum Gasteiger partial charge on any atom is 0.255 e. The third kappa shape index (κ3) is 4.16. The summed E-state index contributed by atoms with van der Waals surface area (Å²) in [4.78, 5) is 23.0. The van der Waals surface area contributed by atoms with Gasteiger partial charge in [0, 0.05) is 0 Å². The highest BCUT2D eigenvalue weighted by Crippen LogP contribution is 2.38. The lowest BCUT2D eigenvalue weighted by atomic mass is 9.90. The molecule has 0 aliphatic carbocycles. The second kappa shape index (κ2) is 8.68. The minimum absolute atomic E-state index is 0.119. The van der Waals surface area contributed by atoms with Crippen LogP contribution in [0.3, 0.4) is 0 Å². The van der Waals surface area contributed by atoms with E-state index in [1.807, 2.05) is 5.32 Å². The van der Waals surface area contributed by atoms with E-state index in [1.165, 1.54) is 0 Å². The Morgan fingerprint density at radius 2 is 1.75 bits per heavy atom. The second-order valence-corrected chi connectivity index (χ2v) is 6.21. The molecule has 0 saturated carbocycles. The molecular formula is C16H20NO11-. The number of hydrogen-bond acceptors (Lipinski definition) is 11. The zero-order valence-electron chi connectivity index (χ0n) is 14.3. The van der Waals surface area contributed by atoms with Crippen molar-refractivity contribution < 1.29 is 55.2 Å². The molecule has 2 rings (SSSR count). The van der Waals surface area contributed by atoms with Gasteiger partial charge in [0.25, 0.3) is 5.91 Å². The molecule has 0 spiro atoms. The summed E-state index contributed by atoms with van der Waals surface area (Å²) in [6.07, 6.45) is -7.73. The van der Waals surface area contributed by atoms with Crippen molar-refractivity contribution in [3.05, 3.63) is 23.3 Å². The number of carboxylic acid groups (broad SMARTS) is 1. The topological polar surface area (TPSA) is 220 Å². The zero-order valence-corrected chi connectivity index (χ0v) is 14.3. The van der Waals surface area contributed by atoms with Crippen LogP contribution in [-0.2, 0) is 9.53 Å². The summed E-state index contributed by atoms with van der Waals surface area (Å²) in [6, 6.07) is 0.0760. The second-order valence-electron chi connectivity index (χ2n) is 6.21. The molecule has 12 heteroatoms. The number of aliphatic carboxylic acids is 1. The summed E-state index contributed by atoms with van der Waals surface area (Å²) in [5.41, 5.74) is -0.738. The van der Waals surface area contributed by atoms with Gasteiger partial charge in [-0.1, -0.05) is 0 Å². The van der Waals surface area contributed by atoms with E-state index in [2.05, 4.69) is 0 Å². The number of ether oxygens (including phenoxy) is 1. The number of phenolic OH excluding ortho intramolecular Hbond substituents is 2. The zero-order chi connectivity index (χ0) is 21.2. The Labute approximate surface area is 157 Å². The summed E-state index contributed by atoms with van der Waals surface area (Å²) in [5.74, 6) is -4.72. The Morgan fingerprint density at radius 1 is 1.11 bits per heavy atom. The SMILES string of the molecule is O=C(N[C@@H](CO)C(=O)[O-])c1cc([C@@H]2O[C@H](CO)[C@@H](O)[C@H](O)[C@H]2O)cc(O)c1O. The van der Waals surface area contributed by atoms with Crippen molar-refractivity contribution >= 4 is 11.9 Å². The summed E-state index contributed by atoms with van der Waals surface area (Å²) in [6.45, 7) is -1.70. The summed E-state index contributed by atoms with van der Waals surface area (Å²) < 4.78 is 5.31. The number of nitrogens with one attached hydrogen (secondary N) is 1. The van der Waals surface area contributed by atoms with Crippen molar-refractivity contribution in [3.63, 3.8) is 0 Å². The molecule has 1 saturated heterocycles. The van der Waals surface area contributed by atoms with Crippen LogP contribution in [0.25, 0.3) is 0 Å². The fourth-order valence-corrected chi connectivity index (χ4v) is 2.77. The van der Waals surface area contributed by atoms with Gasteiger partial charge in [-0.25, -0.2) is 0 Å². The molecule has 1 amide bonds. The first-order valence-corrected chi connectivity index (χ1v) is 8.11. The van der Waals surface area contributed by atoms with Crippen LogP contribution in [0.5, 0.6) is 11.5 Å². The Morgan fingerprint density at radius 3 is 2.29 bits per heavy atom. The van der Waals surface area contributed by atoms with Gasteiger partial charge in [0.05, 0.1) is 30.8 Å². The van der Waals surface area contributed by atoms with Gasteiger partial charge in [-0.05, 0) is 17.7 Å². The first-order valence-electron chi connectivity index (χ1n) is 8.11. The molecule has 12 nitrogen and oxygen atoms in total. The molecule has 0 aromatic heterocycles. The van der Waals surface area contributed by atoms with Crippen LogP contribution in [0.4, 0.5) is 0 Å². The minimum atomic E-state index is -1.79. The number of amides is 1. The number of benzene rings is 1. The van der Waals surface area contributed by atoms with Crippen molar-refractivity contribution in [3.8, 4) is 11.5 Å². The molecule has 0 bridgehead atoms. The Kier molecular flexibility index (Phi) is 6.77. The van der Waals surface area contributed by atoms with Crippen LogP contribution in [0.1, 0.15) is 22.0 Å². The molecule has 1 heterocycles. The van der Waals surface area contributed by atoms with Gasteiger partial charge < -0.3 is 55.7 Å². The third-order valence-corrected chi connectivity index (χ3v) is 4.35. The van der Waals surface area contributed by atoms with Gasteiger partial charge in [-0.15, -0.1) is 0 Å². The average Bonchev–Trinajstić information content (AvgIpc) is 2.66. The first-order chi connectivity index (χ1) is 13.1. The van der Waals surface area contributed by atoms with Crippen molar-refractivity contribution in [2.75, 3.05) is 13.2 Å². The highest BCUT2D eigenvalue weighted by Gasteiger charge is 2.44. The van der Waals surface area contributed by atoms with Gasteiger partial charge in [0.1, 0.15) is 30.5 Å². The molecule has 156 valence electrons. The van der Waals surface area contributed by atoms with E-state index in [4.69, 9.17) is 9.84 Å². The standard InChI is InChI=1S/C16H21NO11/c18-3-7(16(26)27)17-15(25)6-1-5(2-8(20)10(6)21)14-13(24)12(23)11(22)9(4-19)28-14/h1-2,7,9,11-14,18-24H,3-4H2,(H,17,25)(H,26,27)/p-1/t7-,9+,11+,12-,13+,14-/m0/s1. The van der Waals surface area contributed by atoms with E-state index >= 15 is 0 Å². The normalized spacial score (nSPS) is 28.5. The monoisotopic (exact) mass is 402 g/mol. The largest absolute Gasteiger partial charge is 0.548 e. The van der Waals surface area contributed by atoms with Crippen LogP contribution in [0.15, 0.2) is 12.1 Å². The summed E-state index contributed by atoms with van der Waals surface area (Å²) in [5, 5.41) is 80.5. The lowest BCUT2D eigenvalue weighted by Crippen LogP contribution is -2.55. The number of carbonyl (C=O) groups is 2. The summed E-state index contributed by atoms with van der Waals surface area (Å²) >= 11 is 0. The maximum atomic E-state index is 12.2. The van der Waals surface area contributed by atoms with Gasteiger partial charge >= 0.3 is 0 Å². The quantitative estimate of drug-likeness (QED) is 0.212. The molecule has 1 aliphatic heterocycles. The lowest BCUT2D eigenvalue weighted by molar-refractivity contribution is -0.308. The van der Waals surface area contributed by atoms with Gasteiger partial charge in [-0.3, -0.25) is 4.79 Å². The van der Waals surface area contributed by atoms with Crippen molar-refractivity contribution in [1.82, 2.24) is 5.32 Å². The van der Waals surface area contributed by atoms with Crippen LogP contribution in [0.2, 0.25) is 0 Å². The molecule has 0 unspecified atom stereocenters. The van der Waals surface area contributed by atoms with Gasteiger partial charge in [-0.2, -0.15) is 0 Å². The molecular weight excluding hydrogens is 382 g/mol. The number of aliphatic hydroxyl groups is 5. The first kappa shape index (κ1) is 21.8. The fraction of sp³-hybridized carbons (Fsp3) is 0.500. The van der Waals surface area contributed by atoms with Crippen LogP contribution < -0.4 is 10.4 Å². The van der Waals surface area contributed by atoms with E-state index in [0.717, 1.165) is 12.1 Å². The average molecular weight is 402 g/mol. The Hall–Kier alpha value is -2.48. The highest BCUT2D eigenvalue weighted by atomic mass is 16.5. The van der Waals surface area contributed by atoms with E-state index in [0.29, 0.717) is 0 Å². The van der Waals surface area contributed by atoms with Crippen LogP contribution >= 0.6 is 0 Å². The van der Waals surface area contributed by atoms with E-state index in [-0.39, 0.29) is 5.56 Å². The molecule has 6 atom stereocenters. The molecule has 1 aliphatic rings. The smallest absolute Gasteiger partial charge is 0.255 e. The molecule has 8 N–H and O–H groups in total. The van der Waals surface area contributed by atoms with E-state index in [1.54, 1.807) is 0 Å². The number of rotatable bonds is 6. The number of carboxylic acids is 1. The van der Waals surface area contributed by atoms with Crippen molar-refractivity contribution in [2.45, 2.75) is 36.6 Å². The number of phenols is 2. The predicted molar refractivity (Wildman–Crippen MR) is 85.8 cm³/mol. The van der Waals surface area contributed by atoms with E-state index < -0.39 is 78.7 Å². The molecule has 28 heavy (non-hydrogen) atoms. The Bertz CT molecular complexity index is 738. The van der Waals surface area contributed by atoms with Gasteiger partial charge in [0.15, 0.2) is 11.5 Å². The van der Waals surface area contributed by atoms with Crippen molar-refractivity contribution in [1.29, 1.82) is 0 Å². The number of aliphatic hydroxyl groups excluding tert-OH is 5. The fourth-order valence-electron chi connectivity index (χ4n) is 2.77. The lowest BCUT2D eigenvalue weighted by Gasteiger charge is -2.40.